The van der Waals surface area contributed by atoms with E-state index in [1.807, 2.05) is 0 Å². The molecule has 2 saturated heterocycles. The Morgan fingerprint density at radius 3 is 2.40 bits per heavy atom. The topological polar surface area (TPSA) is 48.9 Å². The molecule has 2 aliphatic heterocycles. The number of rotatable bonds is 5. The molecular weight excluding hydrogens is 427 g/mol. The van der Waals surface area contributed by atoms with Crippen molar-refractivity contribution in [3.63, 3.8) is 0 Å². The Balaban J connectivity index is 0.00000225. The van der Waals surface area contributed by atoms with Gasteiger partial charge in [0, 0.05) is 12.1 Å². The number of halogens is 1. The van der Waals surface area contributed by atoms with Gasteiger partial charge in [0.05, 0.1) is 24.8 Å². The summed E-state index contributed by atoms with van der Waals surface area (Å²) in [5.74, 6) is 0.976. The van der Waals surface area contributed by atoms with Crippen LogP contribution in [0.25, 0.3) is 0 Å². The molecule has 1 aliphatic carbocycles. The van der Waals surface area contributed by atoms with E-state index < -0.39 is 0 Å². The van der Waals surface area contributed by atoms with Crippen LogP contribution in [0, 0.1) is 0 Å². The molecule has 3 atom stereocenters. The summed E-state index contributed by atoms with van der Waals surface area (Å²) >= 11 is 0. The van der Waals surface area contributed by atoms with Crippen molar-refractivity contribution in [2.75, 3.05) is 27.2 Å². The van der Waals surface area contributed by atoms with Gasteiger partial charge in [-0.3, -0.25) is 4.99 Å². The summed E-state index contributed by atoms with van der Waals surface area (Å²) in [6.45, 7) is 3.93. The van der Waals surface area contributed by atoms with Gasteiger partial charge in [0.1, 0.15) is 0 Å². The highest BCUT2D eigenvalue weighted by Gasteiger charge is 2.41. The van der Waals surface area contributed by atoms with Gasteiger partial charge >= 0.3 is 0 Å². The van der Waals surface area contributed by atoms with E-state index in [0.29, 0.717) is 18.2 Å². The summed E-state index contributed by atoms with van der Waals surface area (Å²) in [7, 11) is 4.45. The van der Waals surface area contributed by atoms with Gasteiger partial charge in [-0.2, -0.15) is 0 Å². The van der Waals surface area contributed by atoms with Crippen LogP contribution in [0.4, 0.5) is 0 Å². The lowest BCUT2D eigenvalue weighted by atomic mass is 9.89. The summed E-state index contributed by atoms with van der Waals surface area (Å²) in [5.41, 5.74) is 0.226. The number of nitrogens with zero attached hydrogens (tertiary/aromatic N) is 2. The molecule has 3 fully saturated rings. The van der Waals surface area contributed by atoms with Crippen LogP contribution in [0.3, 0.4) is 0 Å². The van der Waals surface area contributed by atoms with Crippen LogP contribution in [0.5, 0.6) is 0 Å². The van der Waals surface area contributed by atoms with E-state index in [2.05, 4.69) is 36.6 Å². The number of fused-ring (bicyclic) bond motifs is 2. The zero-order valence-electron chi connectivity index (χ0n) is 16.2. The van der Waals surface area contributed by atoms with Gasteiger partial charge in [0.15, 0.2) is 5.96 Å². The fourth-order valence-electron chi connectivity index (χ4n) is 4.65. The van der Waals surface area contributed by atoms with Crippen LogP contribution in [0.2, 0.25) is 0 Å². The molecule has 2 bridgehead atoms. The number of aliphatic imine (C=N–C) groups is 1. The molecule has 0 aromatic carbocycles. The average molecular weight is 464 g/mol. The van der Waals surface area contributed by atoms with Crippen molar-refractivity contribution >= 4 is 29.9 Å². The summed E-state index contributed by atoms with van der Waals surface area (Å²) in [6.07, 6.45) is 12.4. The molecule has 146 valence electrons. The Morgan fingerprint density at radius 2 is 1.88 bits per heavy atom. The fraction of sp³-hybridized carbons (Fsp3) is 0.947. The lowest BCUT2D eigenvalue weighted by molar-refractivity contribution is 0.0991. The number of guanidine groups is 1. The first-order valence-corrected chi connectivity index (χ1v) is 10.0. The molecule has 0 aromatic heterocycles. The quantitative estimate of drug-likeness (QED) is 0.284. The van der Waals surface area contributed by atoms with Gasteiger partial charge in [0.25, 0.3) is 0 Å². The first kappa shape index (κ1) is 21.2. The Bertz CT molecular complexity index is 435. The van der Waals surface area contributed by atoms with Crippen LogP contribution >= 0.6 is 24.0 Å². The minimum Gasteiger partial charge on any atom is -0.373 e. The van der Waals surface area contributed by atoms with E-state index in [0.717, 1.165) is 25.5 Å². The molecule has 3 rings (SSSR count). The minimum atomic E-state index is 0. The van der Waals surface area contributed by atoms with E-state index in [1.54, 1.807) is 0 Å². The van der Waals surface area contributed by atoms with Crippen LogP contribution in [-0.4, -0.2) is 61.8 Å². The SMILES string of the molecule is CCNC(=NCC1(N(C)C)CCCCCC1)NC1CC2CCC1O2.I. The van der Waals surface area contributed by atoms with Gasteiger partial charge < -0.3 is 20.3 Å². The largest absolute Gasteiger partial charge is 0.373 e. The normalized spacial score (nSPS) is 31.5. The van der Waals surface area contributed by atoms with Crippen LogP contribution in [0.1, 0.15) is 64.7 Å². The third-order valence-corrected chi connectivity index (χ3v) is 6.29. The number of ether oxygens (including phenoxy) is 1. The van der Waals surface area contributed by atoms with Gasteiger partial charge in [0.2, 0.25) is 0 Å². The van der Waals surface area contributed by atoms with Gasteiger partial charge in [-0.15, -0.1) is 24.0 Å². The molecule has 2 heterocycles. The summed E-state index contributed by atoms with van der Waals surface area (Å²) in [6, 6.07) is 0.436. The predicted octanol–water partition coefficient (Wildman–Crippen LogP) is 3.13. The van der Waals surface area contributed by atoms with Crippen molar-refractivity contribution < 1.29 is 4.74 Å². The highest BCUT2D eigenvalue weighted by Crippen LogP contribution is 2.34. The van der Waals surface area contributed by atoms with Crippen molar-refractivity contribution in [2.45, 2.75) is 88.5 Å². The maximum Gasteiger partial charge on any atom is 0.191 e. The maximum absolute atomic E-state index is 5.98. The second-order valence-electron chi connectivity index (χ2n) is 8.09. The van der Waals surface area contributed by atoms with E-state index >= 15 is 0 Å². The molecule has 1 saturated carbocycles. The lowest BCUT2D eigenvalue weighted by Gasteiger charge is -2.38. The molecule has 6 heteroatoms. The Hall–Kier alpha value is -0.0800. The minimum absolute atomic E-state index is 0. The second-order valence-corrected chi connectivity index (χ2v) is 8.09. The third kappa shape index (κ3) is 5.22. The maximum atomic E-state index is 5.98. The average Bonchev–Trinajstić information content (AvgIpc) is 3.09. The van der Waals surface area contributed by atoms with Gasteiger partial charge in [-0.25, -0.2) is 0 Å². The molecule has 25 heavy (non-hydrogen) atoms. The van der Waals surface area contributed by atoms with Crippen LogP contribution in [-0.2, 0) is 4.74 Å². The highest BCUT2D eigenvalue weighted by molar-refractivity contribution is 14.0. The van der Waals surface area contributed by atoms with Crippen LogP contribution in [0.15, 0.2) is 4.99 Å². The van der Waals surface area contributed by atoms with Crippen molar-refractivity contribution in [2.24, 2.45) is 4.99 Å². The summed E-state index contributed by atoms with van der Waals surface area (Å²) in [4.78, 5) is 7.44. The van der Waals surface area contributed by atoms with E-state index in [4.69, 9.17) is 9.73 Å². The van der Waals surface area contributed by atoms with Gasteiger partial charge in [-0.05, 0) is 53.1 Å². The second kappa shape index (κ2) is 9.74. The Labute approximate surface area is 170 Å². The summed E-state index contributed by atoms with van der Waals surface area (Å²) < 4.78 is 5.98. The molecule has 0 radical (unpaired) electrons. The Morgan fingerprint density at radius 1 is 1.16 bits per heavy atom. The van der Waals surface area contributed by atoms with Crippen molar-refractivity contribution in [3.05, 3.63) is 0 Å². The van der Waals surface area contributed by atoms with E-state index in [1.165, 1.54) is 51.4 Å². The zero-order valence-corrected chi connectivity index (χ0v) is 18.6. The number of nitrogens with one attached hydrogen (secondary N) is 2. The van der Waals surface area contributed by atoms with Crippen LogP contribution < -0.4 is 10.6 Å². The summed E-state index contributed by atoms with van der Waals surface area (Å²) in [5, 5.41) is 7.10. The van der Waals surface area contributed by atoms with E-state index in [-0.39, 0.29) is 29.5 Å². The first-order chi connectivity index (χ1) is 11.6. The third-order valence-electron chi connectivity index (χ3n) is 6.29. The zero-order chi connectivity index (χ0) is 17.0. The Kier molecular flexibility index (Phi) is 8.27. The highest BCUT2D eigenvalue weighted by atomic mass is 127. The molecular formula is C19H37IN4O. The monoisotopic (exact) mass is 464 g/mol. The fourth-order valence-corrected chi connectivity index (χ4v) is 4.65. The van der Waals surface area contributed by atoms with Crippen molar-refractivity contribution in [3.8, 4) is 0 Å². The molecule has 0 aromatic rings. The molecule has 2 N–H and O–H groups in total. The van der Waals surface area contributed by atoms with E-state index in [9.17, 15) is 0 Å². The van der Waals surface area contributed by atoms with Crippen molar-refractivity contribution in [1.29, 1.82) is 0 Å². The molecule has 3 unspecified atom stereocenters. The smallest absolute Gasteiger partial charge is 0.191 e. The molecule has 0 spiro atoms. The predicted molar refractivity (Wildman–Crippen MR) is 115 cm³/mol. The van der Waals surface area contributed by atoms with Gasteiger partial charge in [-0.1, -0.05) is 25.7 Å². The lowest BCUT2D eigenvalue weighted by Crippen LogP contribution is -2.50. The standard InChI is InChI=1S/C19H36N4O.HI/c1-4-20-18(22-16-13-15-9-10-17(16)24-15)21-14-19(23(2)3)11-7-5-6-8-12-19;/h15-17H,4-14H2,1-3H3,(H2,20,21,22);1H. The number of hydrogen-bond donors (Lipinski definition) is 2. The molecule has 3 aliphatic rings. The number of likely N-dealkylation sites (N-methyl/N-ethyl adjacent to an activating group) is 1. The van der Waals surface area contributed by atoms with Crippen molar-refractivity contribution in [1.82, 2.24) is 15.5 Å². The molecule has 5 nitrogen and oxygen atoms in total. The number of hydrogen-bond acceptors (Lipinski definition) is 3. The molecule has 0 amide bonds. The first-order valence-electron chi connectivity index (χ1n) is 10.0.